The fourth-order valence-electron chi connectivity index (χ4n) is 4.26. The van der Waals surface area contributed by atoms with Gasteiger partial charge in [0.1, 0.15) is 6.10 Å². The predicted octanol–water partition coefficient (Wildman–Crippen LogP) is 5.53. The molecule has 6 heteroatoms. The van der Waals surface area contributed by atoms with Crippen molar-refractivity contribution < 1.29 is 13.3 Å². The lowest BCUT2D eigenvalue weighted by molar-refractivity contribution is 0.0694. The first-order valence-electron chi connectivity index (χ1n) is 11.3. The highest BCUT2D eigenvalue weighted by molar-refractivity contribution is 7.89. The minimum atomic E-state index is -3.80. The van der Waals surface area contributed by atoms with Crippen LogP contribution in [0.15, 0.2) is 107 Å². The summed E-state index contributed by atoms with van der Waals surface area (Å²) in [6.45, 7) is 2.50. The summed E-state index contributed by atoms with van der Waals surface area (Å²) in [6, 6.07) is 30.7. The summed E-state index contributed by atoms with van der Waals surface area (Å²) in [7, 11) is -3.80. The molecule has 0 aromatic heterocycles. The van der Waals surface area contributed by atoms with Crippen LogP contribution in [0.3, 0.4) is 0 Å². The molecule has 5 nitrogen and oxygen atoms in total. The van der Waals surface area contributed by atoms with Gasteiger partial charge in [-0.1, -0.05) is 102 Å². The molecule has 0 saturated carbocycles. The second-order valence-electron chi connectivity index (χ2n) is 8.60. The Labute approximate surface area is 200 Å². The number of fused-ring (bicyclic) bond motifs is 1. The number of rotatable bonds is 7. The van der Waals surface area contributed by atoms with Crippen molar-refractivity contribution in [1.29, 1.82) is 0 Å². The van der Waals surface area contributed by atoms with E-state index in [9.17, 15) is 8.42 Å². The molecule has 34 heavy (non-hydrogen) atoms. The SMILES string of the molecule is Cc1ccc(C2=NO[C@@H](CN(Cc3ccccc3)S(=O)(=O)c3cccc4ccccc34)C2)cc1. The number of hydrogen-bond donors (Lipinski definition) is 0. The van der Waals surface area contributed by atoms with Crippen LogP contribution in [-0.2, 0) is 21.4 Å². The van der Waals surface area contributed by atoms with Crippen LogP contribution < -0.4 is 0 Å². The molecule has 1 aliphatic rings. The summed E-state index contributed by atoms with van der Waals surface area (Å²) in [5.41, 5.74) is 3.94. The molecule has 0 N–H and O–H groups in total. The summed E-state index contributed by atoms with van der Waals surface area (Å²) in [5, 5.41) is 5.89. The van der Waals surface area contributed by atoms with Crippen LogP contribution in [0, 0.1) is 6.92 Å². The summed E-state index contributed by atoms with van der Waals surface area (Å²) < 4.78 is 29.4. The highest BCUT2D eigenvalue weighted by Gasteiger charge is 2.32. The average molecular weight is 471 g/mol. The van der Waals surface area contributed by atoms with Gasteiger partial charge in [-0.15, -0.1) is 0 Å². The molecule has 0 amide bonds. The van der Waals surface area contributed by atoms with Crippen LogP contribution in [0.4, 0.5) is 0 Å². The molecule has 0 bridgehead atoms. The molecule has 1 aliphatic heterocycles. The van der Waals surface area contributed by atoms with Crippen molar-refractivity contribution in [2.75, 3.05) is 6.54 Å². The number of oxime groups is 1. The van der Waals surface area contributed by atoms with Crippen molar-refractivity contribution in [3.63, 3.8) is 0 Å². The Balaban J connectivity index is 1.45. The van der Waals surface area contributed by atoms with Crippen molar-refractivity contribution in [1.82, 2.24) is 4.31 Å². The Kier molecular flexibility index (Phi) is 6.18. The third kappa shape index (κ3) is 4.60. The summed E-state index contributed by atoms with van der Waals surface area (Å²) in [6.07, 6.45) is 0.198. The number of nitrogens with zero attached hydrogens (tertiary/aromatic N) is 2. The molecule has 0 radical (unpaired) electrons. The summed E-state index contributed by atoms with van der Waals surface area (Å²) in [5.74, 6) is 0. The molecule has 0 fully saturated rings. The van der Waals surface area contributed by atoms with Gasteiger partial charge in [0.15, 0.2) is 0 Å². The monoisotopic (exact) mass is 470 g/mol. The number of aryl methyl sites for hydroxylation is 1. The molecule has 172 valence electrons. The van der Waals surface area contributed by atoms with Gasteiger partial charge in [0.25, 0.3) is 0 Å². The maximum Gasteiger partial charge on any atom is 0.244 e. The molecule has 0 unspecified atom stereocenters. The molecule has 1 heterocycles. The van der Waals surface area contributed by atoms with E-state index in [0.717, 1.165) is 22.2 Å². The third-order valence-electron chi connectivity index (χ3n) is 6.09. The van der Waals surface area contributed by atoms with Gasteiger partial charge in [0.2, 0.25) is 10.0 Å². The van der Waals surface area contributed by atoms with Gasteiger partial charge < -0.3 is 4.84 Å². The quantitative estimate of drug-likeness (QED) is 0.357. The van der Waals surface area contributed by atoms with Gasteiger partial charge in [-0.25, -0.2) is 8.42 Å². The topological polar surface area (TPSA) is 59.0 Å². The van der Waals surface area contributed by atoms with Gasteiger partial charge in [0.05, 0.1) is 17.2 Å². The first-order chi connectivity index (χ1) is 16.5. The normalized spacial score (nSPS) is 15.9. The molecule has 4 aromatic rings. The van der Waals surface area contributed by atoms with Crippen LogP contribution in [-0.4, -0.2) is 31.1 Å². The van der Waals surface area contributed by atoms with E-state index in [1.54, 1.807) is 12.1 Å². The highest BCUT2D eigenvalue weighted by Crippen LogP contribution is 2.28. The van der Waals surface area contributed by atoms with Crippen molar-refractivity contribution in [3.05, 3.63) is 114 Å². The molecular formula is C28H26N2O3S. The van der Waals surface area contributed by atoms with Crippen LogP contribution in [0.5, 0.6) is 0 Å². The molecule has 5 rings (SSSR count). The van der Waals surface area contributed by atoms with Crippen molar-refractivity contribution in [2.45, 2.75) is 30.9 Å². The molecule has 0 saturated heterocycles. The second kappa shape index (κ2) is 9.41. The van der Waals surface area contributed by atoms with Crippen LogP contribution in [0.2, 0.25) is 0 Å². The number of hydrogen-bond acceptors (Lipinski definition) is 4. The maximum absolute atomic E-state index is 14.0. The zero-order chi connectivity index (χ0) is 23.5. The van der Waals surface area contributed by atoms with E-state index >= 15 is 0 Å². The van der Waals surface area contributed by atoms with Gasteiger partial charge in [-0.05, 0) is 29.5 Å². The van der Waals surface area contributed by atoms with E-state index in [1.165, 1.54) is 9.87 Å². The van der Waals surface area contributed by atoms with Gasteiger partial charge >= 0.3 is 0 Å². The minimum absolute atomic E-state index is 0.208. The van der Waals surface area contributed by atoms with Crippen LogP contribution >= 0.6 is 0 Å². The molecule has 0 aliphatic carbocycles. The third-order valence-corrected chi connectivity index (χ3v) is 7.96. The molecule has 0 spiro atoms. The Morgan fingerprint density at radius 3 is 2.38 bits per heavy atom. The first kappa shape index (κ1) is 22.3. The van der Waals surface area contributed by atoms with E-state index < -0.39 is 10.0 Å². The number of benzene rings is 4. The van der Waals surface area contributed by atoms with Crippen molar-refractivity contribution in [2.24, 2.45) is 5.16 Å². The highest BCUT2D eigenvalue weighted by atomic mass is 32.2. The zero-order valence-corrected chi connectivity index (χ0v) is 19.8. The number of sulfonamides is 1. The lowest BCUT2D eigenvalue weighted by Gasteiger charge is -2.25. The molecular weight excluding hydrogens is 444 g/mol. The Morgan fingerprint density at radius 2 is 1.59 bits per heavy atom. The standard InChI is InChI=1S/C28H26N2O3S/c1-21-14-16-24(17-15-21)27-18-25(33-29-27)20-30(19-22-8-3-2-4-9-22)34(31,32)28-13-7-11-23-10-5-6-12-26(23)28/h2-17,25H,18-20H2,1H3/t25-/m1/s1. The van der Waals surface area contributed by atoms with E-state index in [0.29, 0.717) is 16.7 Å². The van der Waals surface area contributed by atoms with Crippen LogP contribution in [0.25, 0.3) is 10.8 Å². The van der Waals surface area contributed by atoms with Gasteiger partial charge in [-0.3, -0.25) is 0 Å². The van der Waals surface area contributed by atoms with E-state index in [2.05, 4.69) is 5.16 Å². The first-order valence-corrected chi connectivity index (χ1v) is 12.8. The van der Waals surface area contributed by atoms with Gasteiger partial charge in [0, 0.05) is 18.4 Å². The fraction of sp³-hybridized carbons (Fsp3) is 0.179. The zero-order valence-electron chi connectivity index (χ0n) is 19.0. The van der Waals surface area contributed by atoms with Crippen molar-refractivity contribution in [3.8, 4) is 0 Å². The Morgan fingerprint density at radius 1 is 0.882 bits per heavy atom. The maximum atomic E-state index is 14.0. The predicted molar refractivity (Wildman–Crippen MR) is 135 cm³/mol. The van der Waals surface area contributed by atoms with Gasteiger partial charge in [-0.2, -0.15) is 4.31 Å². The van der Waals surface area contributed by atoms with E-state index in [1.807, 2.05) is 91.9 Å². The summed E-state index contributed by atoms with van der Waals surface area (Å²) in [4.78, 5) is 6.02. The average Bonchev–Trinajstić information content (AvgIpc) is 3.33. The lowest BCUT2D eigenvalue weighted by atomic mass is 10.0. The van der Waals surface area contributed by atoms with Crippen LogP contribution in [0.1, 0.15) is 23.1 Å². The second-order valence-corrected chi connectivity index (χ2v) is 10.5. The van der Waals surface area contributed by atoms with E-state index in [-0.39, 0.29) is 19.2 Å². The Bertz CT molecular complexity index is 1430. The smallest absolute Gasteiger partial charge is 0.244 e. The van der Waals surface area contributed by atoms with Crippen molar-refractivity contribution >= 4 is 26.5 Å². The lowest BCUT2D eigenvalue weighted by Crippen LogP contribution is -2.37. The fourth-order valence-corrected chi connectivity index (χ4v) is 5.94. The summed E-state index contributed by atoms with van der Waals surface area (Å²) >= 11 is 0. The minimum Gasteiger partial charge on any atom is -0.390 e. The molecule has 4 aromatic carbocycles. The molecule has 1 atom stereocenters. The van der Waals surface area contributed by atoms with E-state index in [4.69, 9.17) is 4.84 Å². The largest absolute Gasteiger partial charge is 0.390 e. The Hall–Kier alpha value is -3.48.